The molecular weight excluding hydrogens is 272 g/mol. The van der Waals surface area contributed by atoms with Crippen molar-refractivity contribution in [2.45, 2.75) is 6.42 Å². The van der Waals surface area contributed by atoms with Gasteiger partial charge in [0, 0.05) is 23.0 Å². The van der Waals surface area contributed by atoms with Crippen LogP contribution in [-0.4, -0.2) is 10.9 Å². The Balaban J connectivity index is 1.89. The second-order valence-electron chi connectivity index (χ2n) is 4.99. The zero-order valence-electron chi connectivity index (χ0n) is 10.5. The molecule has 2 N–H and O–H groups in total. The summed E-state index contributed by atoms with van der Waals surface area (Å²) in [7, 11) is 0. The highest BCUT2D eigenvalue weighted by molar-refractivity contribution is 6.34. The molecule has 98 valence electrons. The van der Waals surface area contributed by atoms with Gasteiger partial charge in [-0.1, -0.05) is 17.7 Å². The van der Waals surface area contributed by atoms with Crippen LogP contribution in [0, 0.1) is 0 Å². The summed E-state index contributed by atoms with van der Waals surface area (Å²) in [6.07, 6.45) is 2.34. The molecule has 3 nitrogen and oxygen atoms in total. The predicted octanol–water partition coefficient (Wildman–Crippen LogP) is 3.98. The monoisotopic (exact) mass is 282 g/mol. The summed E-state index contributed by atoms with van der Waals surface area (Å²) in [6, 6.07) is 12.0. The molecule has 0 saturated carbocycles. The van der Waals surface area contributed by atoms with Crippen molar-refractivity contribution in [3.05, 3.63) is 53.2 Å². The number of fused-ring (bicyclic) bond motifs is 2. The van der Waals surface area contributed by atoms with E-state index in [1.165, 1.54) is 0 Å². The minimum atomic E-state index is 0.0225. The van der Waals surface area contributed by atoms with Crippen LogP contribution in [-0.2, 0) is 11.2 Å². The van der Waals surface area contributed by atoms with Crippen molar-refractivity contribution < 1.29 is 4.79 Å². The van der Waals surface area contributed by atoms with Crippen molar-refractivity contribution in [1.29, 1.82) is 0 Å². The molecule has 4 rings (SSSR count). The van der Waals surface area contributed by atoms with Crippen molar-refractivity contribution >= 4 is 34.1 Å². The van der Waals surface area contributed by atoms with Crippen LogP contribution in [0.3, 0.4) is 0 Å². The average molecular weight is 283 g/mol. The highest BCUT2D eigenvalue weighted by Gasteiger charge is 2.20. The van der Waals surface area contributed by atoms with Gasteiger partial charge in [0.1, 0.15) is 0 Å². The van der Waals surface area contributed by atoms with Gasteiger partial charge in [-0.25, -0.2) is 0 Å². The molecule has 3 aromatic rings. The summed E-state index contributed by atoms with van der Waals surface area (Å²) >= 11 is 6.36. The number of aromatic amines is 1. The molecule has 0 spiro atoms. The molecule has 0 aliphatic carbocycles. The first-order chi connectivity index (χ1) is 9.70. The molecule has 0 saturated heterocycles. The van der Waals surface area contributed by atoms with E-state index in [4.69, 9.17) is 11.6 Å². The Labute approximate surface area is 120 Å². The SMILES string of the molecule is O=C1Cc2cc(-c3ccc4[nH]ccc4c3)c(Cl)cc2N1. The van der Waals surface area contributed by atoms with Gasteiger partial charge in [0.2, 0.25) is 5.91 Å². The van der Waals surface area contributed by atoms with Crippen LogP contribution in [0.15, 0.2) is 42.6 Å². The number of halogens is 1. The highest BCUT2D eigenvalue weighted by atomic mass is 35.5. The van der Waals surface area contributed by atoms with E-state index in [0.29, 0.717) is 11.4 Å². The summed E-state index contributed by atoms with van der Waals surface area (Å²) in [6.45, 7) is 0. The molecule has 1 aromatic heterocycles. The van der Waals surface area contributed by atoms with Crippen molar-refractivity contribution in [3.8, 4) is 11.1 Å². The Morgan fingerprint density at radius 2 is 2.00 bits per heavy atom. The minimum Gasteiger partial charge on any atom is -0.361 e. The quantitative estimate of drug-likeness (QED) is 0.696. The summed E-state index contributed by atoms with van der Waals surface area (Å²) in [5.41, 5.74) is 4.95. The van der Waals surface area contributed by atoms with E-state index >= 15 is 0 Å². The summed E-state index contributed by atoms with van der Waals surface area (Å²) < 4.78 is 0. The number of H-pyrrole nitrogens is 1. The van der Waals surface area contributed by atoms with Gasteiger partial charge >= 0.3 is 0 Å². The van der Waals surface area contributed by atoms with Crippen LogP contribution in [0.4, 0.5) is 5.69 Å². The number of anilines is 1. The predicted molar refractivity (Wildman–Crippen MR) is 81.1 cm³/mol. The fourth-order valence-corrected chi connectivity index (χ4v) is 2.96. The first-order valence-corrected chi connectivity index (χ1v) is 6.78. The highest BCUT2D eigenvalue weighted by Crippen LogP contribution is 2.36. The second kappa shape index (κ2) is 4.12. The Kier molecular flexibility index (Phi) is 2.38. The largest absolute Gasteiger partial charge is 0.361 e. The number of benzene rings is 2. The standard InChI is InChI=1S/C16H11ClN2O/c17-13-8-15-11(7-16(20)19-15)6-12(13)9-1-2-14-10(5-9)3-4-18-14/h1-6,8,18H,7H2,(H,19,20). The van der Waals surface area contributed by atoms with Crippen LogP contribution >= 0.6 is 11.6 Å². The lowest BCUT2D eigenvalue weighted by Gasteiger charge is -2.08. The maximum atomic E-state index is 11.4. The molecule has 2 heterocycles. The smallest absolute Gasteiger partial charge is 0.228 e. The van der Waals surface area contributed by atoms with Crippen LogP contribution in [0.2, 0.25) is 5.02 Å². The number of hydrogen-bond donors (Lipinski definition) is 2. The molecule has 0 unspecified atom stereocenters. The fraction of sp³-hybridized carbons (Fsp3) is 0.0625. The summed E-state index contributed by atoms with van der Waals surface area (Å²) in [5, 5.41) is 4.61. The molecular formula is C16H11ClN2O. The average Bonchev–Trinajstić information content (AvgIpc) is 3.01. The normalized spacial score (nSPS) is 13.6. The molecule has 0 bridgehead atoms. The van der Waals surface area contributed by atoms with E-state index in [1.54, 1.807) is 0 Å². The zero-order chi connectivity index (χ0) is 13.7. The summed E-state index contributed by atoms with van der Waals surface area (Å²) in [4.78, 5) is 14.6. The third-order valence-corrected chi connectivity index (χ3v) is 3.99. The van der Waals surface area contributed by atoms with Gasteiger partial charge in [-0.3, -0.25) is 4.79 Å². The van der Waals surface area contributed by atoms with E-state index in [0.717, 1.165) is 33.3 Å². The van der Waals surface area contributed by atoms with E-state index in [1.807, 2.05) is 36.5 Å². The maximum absolute atomic E-state index is 11.4. The Bertz CT molecular complexity index is 851. The fourth-order valence-electron chi connectivity index (χ4n) is 2.69. The zero-order valence-corrected chi connectivity index (χ0v) is 11.3. The van der Waals surface area contributed by atoms with Crippen molar-refractivity contribution in [2.24, 2.45) is 0 Å². The molecule has 0 atom stereocenters. The van der Waals surface area contributed by atoms with Crippen molar-refractivity contribution in [3.63, 3.8) is 0 Å². The number of rotatable bonds is 1. The van der Waals surface area contributed by atoms with Gasteiger partial charge in [0.15, 0.2) is 0 Å². The number of hydrogen-bond acceptors (Lipinski definition) is 1. The first-order valence-electron chi connectivity index (χ1n) is 6.40. The Morgan fingerprint density at radius 3 is 2.90 bits per heavy atom. The number of aromatic nitrogens is 1. The lowest BCUT2D eigenvalue weighted by molar-refractivity contribution is -0.115. The lowest BCUT2D eigenvalue weighted by atomic mass is 10.0. The third kappa shape index (κ3) is 1.71. The molecule has 0 fully saturated rings. The Morgan fingerprint density at radius 1 is 1.10 bits per heavy atom. The molecule has 4 heteroatoms. The first kappa shape index (κ1) is 11.6. The van der Waals surface area contributed by atoms with Gasteiger partial charge < -0.3 is 10.3 Å². The van der Waals surface area contributed by atoms with Crippen LogP contribution in [0.25, 0.3) is 22.0 Å². The molecule has 20 heavy (non-hydrogen) atoms. The molecule has 2 aromatic carbocycles. The maximum Gasteiger partial charge on any atom is 0.228 e. The van der Waals surface area contributed by atoms with Crippen LogP contribution < -0.4 is 5.32 Å². The molecule has 1 aliphatic rings. The molecule has 1 aliphatic heterocycles. The lowest BCUT2D eigenvalue weighted by Crippen LogP contribution is -2.03. The number of carbonyl (C=O) groups is 1. The van der Waals surface area contributed by atoms with E-state index in [9.17, 15) is 4.79 Å². The minimum absolute atomic E-state index is 0.0225. The van der Waals surface area contributed by atoms with Crippen LogP contribution in [0.5, 0.6) is 0 Å². The van der Waals surface area contributed by atoms with Gasteiger partial charge in [-0.05, 0) is 46.8 Å². The van der Waals surface area contributed by atoms with Gasteiger partial charge in [0.05, 0.1) is 11.4 Å². The Hall–Kier alpha value is -2.26. The van der Waals surface area contributed by atoms with E-state index in [2.05, 4.69) is 16.4 Å². The molecule has 1 amide bonds. The van der Waals surface area contributed by atoms with E-state index in [-0.39, 0.29) is 5.91 Å². The summed E-state index contributed by atoms with van der Waals surface area (Å²) in [5.74, 6) is 0.0225. The van der Waals surface area contributed by atoms with Gasteiger partial charge in [-0.2, -0.15) is 0 Å². The van der Waals surface area contributed by atoms with Crippen molar-refractivity contribution in [1.82, 2.24) is 4.98 Å². The number of amides is 1. The van der Waals surface area contributed by atoms with Crippen LogP contribution in [0.1, 0.15) is 5.56 Å². The number of nitrogens with one attached hydrogen (secondary N) is 2. The van der Waals surface area contributed by atoms with Gasteiger partial charge in [0.25, 0.3) is 0 Å². The third-order valence-electron chi connectivity index (χ3n) is 3.68. The number of carbonyl (C=O) groups excluding carboxylic acids is 1. The second-order valence-corrected chi connectivity index (χ2v) is 5.40. The van der Waals surface area contributed by atoms with E-state index < -0.39 is 0 Å². The molecule has 0 radical (unpaired) electrons. The topological polar surface area (TPSA) is 44.9 Å². The van der Waals surface area contributed by atoms with Gasteiger partial charge in [-0.15, -0.1) is 0 Å². The van der Waals surface area contributed by atoms with Crippen molar-refractivity contribution in [2.75, 3.05) is 5.32 Å².